The number of hydrogen-bond acceptors (Lipinski definition) is 5. The number of amides is 2. The number of aryl methyl sites for hydroxylation is 1. The van der Waals surface area contributed by atoms with Crippen LogP contribution in [0.5, 0.6) is 17.4 Å². The Kier molecular flexibility index (Phi) is 6.44. The van der Waals surface area contributed by atoms with E-state index in [-0.39, 0.29) is 5.75 Å². The summed E-state index contributed by atoms with van der Waals surface area (Å²) in [6.07, 6.45) is 3.75. The first-order valence-electron chi connectivity index (χ1n) is 9.84. The number of hydrogen-bond donors (Lipinski definition) is 2. The summed E-state index contributed by atoms with van der Waals surface area (Å²) in [4.78, 5) is 20.9. The lowest BCUT2D eigenvalue weighted by Crippen LogP contribution is -2.19. The molecule has 10 heteroatoms. The van der Waals surface area contributed by atoms with Gasteiger partial charge in [-0.25, -0.2) is 9.78 Å². The molecule has 8 nitrogen and oxygen atoms in total. The SMILES string of the molecule is Cc1nc(Oc2ccc(NC(=O)Nc3cccc(OC(F)F)c3)cc2)cc(-n2cccc2)n1. The number of alkyl halides is 2. The first kappa shape index (κ1) is 21.8. The van der Waals surface area contributed by atoms with Gasteiger partial charge in [0.15, 0.2) is 0 Å². The van der Waals surface area contributed by atoms with Crippen molar-refractivity contribution in [2.45, 2.75) is 13.5 Å². The number of nitrogens with one attached hydrogen (secondary N) is 2. The number of halogens is 2. The van der Waals surface area contributed by atoms with Crippen LogP contribution in [0.25, 0.3) is 5.82 Å². The number of nitrogens with zero attached hydrogens (tertiary/aromatic N) is 3. The summed E-state index contributed by atoms with van der Waals surface area (Å²) in [5, 5.41) is 5.21. The van der Waals surface area contributed by atoms with Crippen LogP contribution in [0.2, 0.25) is 0 Å². The molecule has 0 saturated carbocycles. The summed E-state index contributed by atoms with van der Waals surface area (Å²) in [6, 6.07) is 17.4. The number of carbonyl (C=O) groups is 1. The third-order valence-electron chi connectivity index (χ3n) is 4.32. The Labute approximate surface area is 187 Å². The van der Waals surface area contributed by atoms with Gasteiger partial charge in [-0.15, -0.1) is 0 Å². The van der Waals surface area contributed by atoms with Gasteiger partial charge in [-0.05, 0) is 55.5 Å². The maximum atomic E-state index is 12.3. The average molecular weight is 451 g/mol. The minimum Gasteiger partial charge on any atom is -0.439 e. The molecule has 0 spiro atoms. The molecule has 2 aromatic heterocycles. The molecular formula is C23H19F2N5O3. The van der Waals surface area contributed by atoms with Gasteiger partial charge in [0.25, 0.3) is 0 Å². The van der Waals surface area contributed by atoms with Gasteiger partial charge in [-0.1, -0.05) is 6.07 Å². The Hall–Kier alpha value is -4.47. The average Bonchev–Trinajstić information content (AvgIpc) is 3.29. The van der Waals surface area contributed by atoms with Crippen molar-refractivity contribution in [3.63, 3.8) is 0 Å². The molecule has 168 valence electrons. The zero-order valence-corrected chi connectivity index (χ0v) is 17.4. The van der Waals surface area contributed by atoms with E-state index < -0.39 is 12.6 Å². The maximum absolute atomic E-state index is 12.3. The molecule has 0 fully saturated rings. The largest absolute Gasteiger partial charge is 0.439 e. The quantitative estimate of drug-likeness (QED) is 0.381. The van der Waals surface area contributed by atoms with Gasteiger partial charge in [0.2, 0.25) is 5.88 Å². The number of aromatic nitrogens is 3. The fraction of sp³-hybridized carbons (Fsp3) is 0.0870. The molecule has 0 bridgehead atoms. The molecule has 0 unspecified atom stereocenters. The Morgan fingerprint density at radius 1 is 0.909 bits per heavy atom. The topological polar surface area (TPSA) is 90.3 Å². The van der Waals surface area contributed by atoms with Crippen LogP contribution in [0.3, 0.4) is 0 Å². The van der Waals surface area contributed by atoms with Crippen LogP contribution >= 0.6 is 0 Å². The summed E-state index contributed by atoms with van der Waals surface area (Å²) in [5.74, 6) is 2.10. The normalized spacial score (nSPS) is 10.7. The fourth-order valence-corrected chi connectivity index (χ4v) is 2.97. The van der Waals surface area contributed by atoms with Crippen molar-refractivity contribution < 1.29 is 23.0 Å². The van der Waals surface area contributed by atoms with E-state index in [1.54, 1.807) is 43.3 Å². The summed E-state index contributed by atoms with van der Waals surface area (Å²) in [5.41, 5.74) is 0.815. The Morgan fingerprint density at radius 3 is 2.36 bits per heavy atom. The monoisotopic (exact) mass is 451 g/mol. The van der Waals surface area contributed by atoms with E-state index in [0.717, 1.165) is 0 Å². The van der Waals surface area contributed by atoms with Gasteiger partial charge in [0.1, 0.15) is 23.1 Å². The molecule has 33 heavy (non-hydrogen) atoms. The predicted octanol–water partition coefficient (Wildman–Crippen LogP) is 5.61. The van der Waals surface area contributed by atoms with Crippen molar-refractivity contribution in [2.75, 3.05) is 10.6 Å². The van der Waals surface area contributed by atoms with Crippen LogP contribution in [-0.4, -0.2) is 27.2 Å². The van der Waals surface area contributed by atoms with E-state index in [2.05, 4.69) is 25.3 Å². The summed E-state index contributed by atoms with van der Waals surface area (Å²) >= 11 is 0. The first-order chi connectivity index (χ1) is 15.9. The lowest BCUT2D eigenvalue weighted by molar-refractivity contribution is -0.0498. The predicted molar refractivity (Wildman–Crippen MR) is 118 cm³/mol. The number of rotatable bonds is 7. The van der Waals surface area contributed by atoms with Gasteiger partial charge in [-0.2, -0.15) is 13.8 Å². The molecule has 0 aliphatic carbocycles. The van der Waals surface area contributed by atoms with Gasteiger partial charge < -0.3 is 24.7 Å². The highest BCUT2D eigenvalue weighted by atomic mass is 19.3. The zero-order chi connectivity index (χ0) is 23.2. The molecule has 2 amide bonds. The molecular weight excluding hydrogens is 432 g/mol. The Balaban J connectivity index is 1.37. The lowest BCUT2D eigenvalue weighted by atomic mass is 10.3. The van der Waals surface area contributed by atoms with Crippen molar-refractivity contribution in [2.24, 2.45) is 0 Å². The van der Waals surface area contributed by atoms with E-state index in [4.69, 9.17) is 4.74 Å². The highest BCUT2D eigenvalue weighted by Crippen LogP contribution is 2.24. The summed E-state index contributed by atoms with van der Waals surface area (Å²) in [6.45, 7) is -1.16. The molecule has 4 rings (SSSR count). The third-order valence-corrected chi connectivity index (χ3v) is 4.32. The van der Waals surface area contributed by atoms with Crippen LogP contribution in [0, 0.1) is 6.92 Å². The fourth-order valence-electron chi connectivity index (χ4n) is 2.97. The van der Waals surface area contributed by atoms with Crippen LogP contribution < -0.4 is 20.1 Å². The lowest BCUT2D eigenvalue weighted by Gasteiger charge is -2.11. The van der Waals surface area contributed by atoms with Gasteiger partial charge in [-0.3, -0.25) is 0 Å². The second-order valence-electron chi connectivity index (χ2n) is 6.81. The van der Waals surface area contributed by atoms with Gasteiger partial charge in [0.05, 0.1) is 0 Å². The Morgan fingerprint density at radius 2 is 1.64 bits per heavy atom. The molecule has 0 radical (unpaired) electrons. The van der Waals surface area contributed by atoms with E-state index in [0.29, 0.717) is 34.6 Å². The molecule has 0 atom stereocenters. The minimum absolute atomic E-state index is 0.0517. The van der Waals surface area contributed by atoms with Gasteiger partial charge >= 0.3 is 12.6 Å². The number of benzene rings is 2. The van der Waals surface area contributed by atoms with Crippen molar-refractivity contribution in [3.8, 4) is 23.2 Å². The smallest absolute Gasteiger partial charge is 0.387 e. The number of urea groups is 1. The van der Waals surface area contributed by atoms with E-state index in [1.807, 2.05) is 29.1 Å². The first-order valence-corrected chi connectivity index (χ1v) is 9.84. The summed E-state index contributed by atoms with van der Waals surface area (Å²) in [7, 11) is 0. The second-order valence-corrected chi connectivity index (χ2v) is 6.81. The number of anilines is 2. The second kappa shape index (κ2) is 9.77. The minimum atomic E-state index is -2.94. The molecule has 4 aromatic rings. The van der Waals surface area contributed by atoms with Crippen LogP contribution in [0.1, 0.15) is 5.82 Å². The number of ether oxygens (including phenoxy) is 2. The van der Waals surface area contributed by atoms with E-state index >= 15 is 0 Å². The molecule has 0 aliphatic rings. The van der Waals surface area contributed by atoms with E-state index in [9.17, 15) is 13.6 Å². The van der Waals surface area contributed by atoms with Gasteiger partial charge in [0, 0.05) is 35.9 Å². The molecule has 0 saturated heterocycles. The maximum Gasteiger partial charge on any atom is 0.387 e. The summed E-state index contributed by atoms with van der Waals surface area (Å²) < 4.78 is 36.7. The highest BCUT2D eigenvalue weighted by molar-refractivity contribution is 5.99. The van der Waals surface area contributed by atoms with Crippen molar-refractivity contribution in [1.82, 2.24) is 14.5 Å². The molecule has 2 aromatic carbocycles. The Bertz CT molecular complexity index is 1230. The van der Waals surface area contributed by atoms with Crippen LogP contribution in [0.15, 0.2) is 79.1 Å². The van der Waals surface area contributed by atoms with Crippen LogP contribution in [-0.2, 0) is 0 Å². The molecule has 2 heterocycles. The standard InChI is InChI=1S/C23H19F2N5O3/c1-15-26-20(30-11-2-3-12-30)14-21(27-15)32-18-9-7-16(8-10-18)28-23(31)29-17-5-4-6-19(13-17)33-22(24)25/h2-14,22H,1H3,(H2,28,29,31). The van der Waals surface area contributed by atoms with Crippen molar-refractivity contribution in [3.05, 3.63) is 84.9 Å². The molecule has 0 aliphatic heterocycles. The molecule has 2 N–H and O–H groups in total. The highest BCUT2D eigenvalue weighted by Gasteiger charge is 2.09. The zero-order valence-electron chi connectivity index (χ0n) is 17.4. The number of carbonyl (C=O) groups excluding carboxylic acids is 1. The van der Waals surface area contributed by atoms with Crippen LogP contribution in [0.4, 0.5) is 25.0 Å². The third kappa shape index (κ3) is 6.03. The van der Waals surface area contributed by atoms with Crippen molar-refractivity contribution in [1.29, 1.82) is 0 Å². The van der Waals surface area contributed by atoms with E-state index in [1.165, 1.54) is 18.2 Å². The van der Waals surface area contributed by atoms with Crippen molar-refractivity contribution >= 4 is 17.4 Å².